The Labute approximate surface area is 208 Å². The largest absolute Gasteiger partial charge is 0.419 e. The summed E-state index contributed by atoms with van der Waals surface area (Å²) in [5, 5.41) is 11.9. The van der Waals surface area contributed by atoms with Gasteiger partial charge in [0.1, 0.15) is 5.82 Å². The van der Waals surface area contributed by atoms with Crippen molar-refractivity contribution < 1.29 is 22.4 Å². The number of hydrogen-bond donors (Lipinski definition) is 1. The molecule has 2 aromatic rings. The molecule has 0 unspecified atom stereocenters. The lowest BCUT2D eigenvalue weighted by atomic mass is 9.92. The molecule has 4 rings (SSSR count). The van der Waals surface area contributed by atoms with Crippen molar-refractivity contribution in [3.05, 3.63) is 65.0 Å². The van der Waals surface area contributed by atoms with E-state index in [0.717, 1.165) is 56.3 Å². The van der Waals surface area contributed by atoms with Gasteiger partial charge in [-0.25, -0.2) is 9.18 Å². The first-order valence-corrected chi connectivity index (χ1v) is 12.1. The van der Waals surface area contributed by atoms with Gasteiger partial charge < -0.3 is 15.1 Å². The van der Waals surface area contributed by atoms with E-state index in [9.17, 15) is 27.6 Å². The maximum Gasteiger partial charge on any atom is 0.419 e. The average Bonchev–Trinajstić information content (AvgIpc) is 3.46. The van der Waals surface area contributed by atoms with Gasteiger partial charge in [-0.05, 0) is 94.6 Å². The molecule has 192 valence electrons. The molecule has 2 amide bonds. The number of rotatable bonds is 8. The summed E-state index contributed by atoms with van der Waals surface area (Å²) in [5.41, 5.74) is 0.145. The third-order valence-corrected chi connectivity index (χ3v) is 7.49. The fourth-order valence-corrected chi connectivity index (χ4v) is 5.62. The molecule has 0 aliphatic heterocycles. The summed E-state index contributed by atoms with van der Waals surface area (Å²) in [5.74, 6) is -1.15. The molecule has 2 fully saturated rings. The Morgan fingerprint density at radius 3 is 2.58 bits per heavy atom. The molecule has 0 bridgehead atoms. The highest BCUT2D eigenvalue weighted by atomic mass is 19.4. The van der Waals surface area contributed by atoms with Crippen LogP contribution in [0.5, 0.6) is 0 Å². The summed E-state index contributed by atoms with van der Waals surface area (Å²) < 4.78 is 53.2. The van der Waals surface area contributed by atoms with Crippen LogP contribution in [0.25, 0.3) is 0 Å². The quantitative estimate of drug-likeness (QED) is 0.355. The Balaban J connectivity index is 1.53. The lowest BCUT2D eigenvalue weighted by molar-refractivity contribution is -0.139. The van der Waals surface area contributed by atoms with Gasteiger partial charge >= 0.3 is 12.2 Å². The van der Waals surface area contributed by atoms with Crippen molar-refractivity contribution in [3.63, 3.8) is 0 Å². The van der Waals surface area contributed by atoms with Gasteiger partial charge in [-0.1, -0.05) is 12.1 Å². The van der Waals surface area contributed by atoms with E-state index in [-0.39, 0.29) is 23.1 Å². The third kappa shape index (κ3) is 5.34. The Morgan fingerprint density at radius 2 is 1.92 bits per heavy atom. The van der Waals surface area contributed by atoms with E-state index in [1.165, 1.54) is 0 Å². The van der Waals surface area contributed by atoms with Crippen molar-refractivity contribution in [3.8, 4) is 6.07 Å². The predicted octanol–water partition coefficient (Wildman–Crippen LogP) is 6.01. The highest BCUT2D eigenvalue weighted by Crippen LogP contribution is 2.65. The van der Waals surface area contributed by atoms with E-state index in [0.29, 0.717) is 18.2 Å². The third-order valence-electron chi connectivity index (χ3n) is 7.49. The molecule has 5 nitrogen and oxygen atoms in total. The maximum atomic E-state index is 13.7. The fraction of sp³-hybridized carbons (Fsp3) is 0.481. The van der Waals surface area contributed by atoms with Crippen LogP contribution in [0.3, 0.4) is 0 Å². The van der Waals surface area contributed by atoms with Gasteiger partial charge in [-0.15, -0.1) is 0 Å². The normalized spacial score (nSPS) is 22.7. The molecule has 0 spiro atoms. The zero-order valence-corrected chi connectivity index (χ0v) is 20.4. The number of anilines is 1. The average molecular weight is 503 g/mol. The van der Waals surface area contributed by atoms with Crippen LogP contribution in [-0.2, 0) is 11.6 Å². The van der Waals surface area contributed by atoms with Crippen molar-refractivity contribution in [1.82, 2.24) is 9.80 Å². The Bertz CT molecular complexity index is 1160. The molecular weight excluding hydrogens is 472 g/mol. The van der Waals surface area contributed by atoms with Gasteiger partial charge in [0.15, 0.2) is 0 Å². The number of hydrogen-bond acceptors (Lipinski definition) is 3. The fourth-order valence-electron chi connectivity index (χ4n) is 5.62. The van der Waals surface area contributed by atoms with Gasteiger partial charge in [-0.3, -0.25) is 0 Å². The van der Waals surface area contributed by atoms with Crippen molar-refractivity contribution >= 4 is 11.7 Å². The number of nitrogens with one attached hydrogen (secondary N) is 1. The number of nitrogens with zero attached hydrogens (tertiary/aromatic N) is 3. The van der Waals surface area contributed by atoms with Crippen molar-refractivity contribution in [2.75, 3.05) is 32.5 Å². The van der Waals surface area contributed by atoms with E-state index < -0.39 is 23.6 Å². The minimum atomic E-state index is -4.85. The van der Waals surface area contributed by atoms with Gasteiger partial charge in [0.2, 0.25) is 0 Å². The number of urea groups is 1. The monoisotopic (exact) mass is 502 g/mol. The maximum absolute atomic E-state index is 13.7. The second kappa shape index (κ2) is 10.1. The molecule has 3 atom stereocenters. The molecule has 2 aromatic carbocycles. The second-order valence-corrected chi connectivity index (χ2v) is 10.1. The van der Waals surface area contributed by atoms with Crippen LogP contribution >= 0.6 is 0 Å². The number of unbranched alkanes of at least 4 members (excludes halogenated alkanes) is 1. The standard InChI is InChI=1S/C27H30F4N4O/c1-34(2)12-3-4-13-35(25(36)33-20-8-9-23(28)21(15-20)27(29,30)31)24-10-11-26(16-22(24)26)19-7-5-6-18(14-19)17-32/h5-9,14-15,22,24H,3-4,10-13,16H2,1-2H3,(H,33,36)/t22-,24-,26-/m1/s1. The summed E-state index contributed by atoms with van der Waals surface area (Å²) in [4.78, 5) is 17.2. The van der Waals surface area contributed by atoms with Crippen molar-refractivity contribution in [2.45, 2.75) is 49.7 Å². The SMILES string of the molecule is CN(C)CCCCN(C(=O)Nc1ccc(F)c(C(F)(F)F)c1)[C@@H]1CC[C@]2(c3cccc(C#N)c3)C[C@H]12. The first kappa shape index (κ1) is 26.0. The van der Waals surface area contributed by atoms with E-state index in [2.05, 4.69) is 16.3 Å². The topological polar surface area (TPSA) is 59.4 Å². The number of carbonyl (C=O) groups excluding carboxylic acids is 1. The zero-order chi connectivity index (χ0) is 26.1. The first-order chi connectivity index (χ1) is 17.0. The van der Waals surface area contributed by atoms with Gasteiger partial charge in [0.25, 0.3) is 0 Å². The van der Waals surface area contributed by atoms with Gasteiger partial charge in [0, 0.05) is 23.7 Å². The number of carbonyl (C=O) groups is 1. The molecule has 2 aliphatic rings. The van der Waals surface area contributed by atoms with Crippen LogP contribution in [0.1, 0.15) is 48.8 Å². The lowest BCUT2D eigenvalue weighted by Gasteiger charge is -2.31. The Hall–Kier alpha value is -3.12. The van der Waals surface area contributed by atoms with Crippen LogP contribution in [0.15, 0.2) is 42.5 Å². The summed E-state index contributed by atoms with van der Waals surface area (Å²) in [6, 6.07) is 11.8. The Kier molecular flexibility index (Phi) is 7.28. The highest BCUT2D eigenvalue weighted by Gasteiger charge is 2.64. The van der Waals surface area contributed by atoms with Crippen molar-refractivity contribution in [1.29, 1.82) is 5.26 Å². The Morgan fingerprint density at radius 1 is 1.17 bits per heavy atom. The van der Waals surface area contributed by atoms with Gasteiger partial charge in [0.05, 0.1) is 17.2 Å². The second-order valence-electron chi connectivity index (χ2n) is 10.1. The molecule has 0 saturated heterocycles. The first-order valence-electron chi connectivity index (χ1n) is 12.1. The number of fused-ring (bicyclic) bond motifs is 1. The van der Waals surface area contributed by atoms with Gasteiger partial charge in [-0.2, -0.15) is 18.4 Å². The van der Waals surface area contributed by atoms with Crippen LogP contribution < -0.4 is 5.32 Å². The van der Waals surface area contributed by atoms with E-state index in [4.69, 9.17) is 0 Å². The summed E-state index contributed by atoms with van der Waals surface area (Å²) >= 11 is 0. The van der Waals surface area contributed by atoms with Crippen LogP contribution in [0.2, 0.25) is 0 Å². The number of nitriles is 1. The molecule has 0 radical (unpaired) electrons. The molecule has 9 heteroatoms. The minimum absolute atomic E-state index is 0.0577. The van der Waals surface area contributed by atoms with Crippen LogP contribution in [0, 0.1) is 23.1 Å². The smallest absolute Gasteiger partial charge is 0.321 e. The van der Waals surface area contributed by atoms with E-state index in [1.807, 2.05) is 32.3 Å². The predicted molar refractivity (Wildman–Crippen MR) is 129 cm³/mol. The summed E-state index contributed by atoms with van der Waals surface area (Å²) in [6.07, 6.45) is -0.662. The minimum Gasteiger partial charge on any atom is -0.321 e. The lowest BCUT2D eigenvalue weighted by Crippen LogP contribution is -2.44. The number of amides is 2. The molecule has 2 aliphatic carbocycles. The van der Waals surface area contributed by atoms with E-state index in [1.54, 1.807) is 11.0 Å². The molecule has 1 N–H and O–H groups in total. The molecule has 2 saturated carbocycles. The number of halogens is 4. The van der Waals surface area contributed by atoms with Crippen molar-refractivity contribution in [2.24, 2.45) is 5.92 Å². The number of benzene rings is 2. The molecule has 0 heterocycles. The molecular formula is C27H30F4N4O. The number of alkyl halides is 3. The van der Waals surface area contributed by atoms with E-state index >= 15 is 0 Å². The van der Waals surface area contributed by atoms with Crippen LogP contribution in [-0.4, -0.2) is 49.1 Å². The summed E-state index contributed by atoms with van der Waals surface area (Å²) in [6.45, 7) is 1.34. The zero-order valence-electron chi connectivity index (χ0n) is 20.4. The highest BCUT2D eigenvalue weighted by molar-refractivity contribution is 5.89. The van der Waals surface area contributed by atoms with Crippen LogP contribution in [0.4, 0.5) is 28.0 Å². The summed E-state index contributed by atoms with van der Waals surface area (Å²) in [7, 11) is 3.95. The molecule has 36 heavy (non-hydrogen) atoms. The molecule has 0 aromatic heterocycles.